The lowest BCUT2D eigenvalue weighted by Crippen LogP contribution is -2.49. The Balaban J connectivity index is 1.33. The Bertz CT molecular complexity index is 1180. The van der Waals surface area contributed by atoms with Gasteiger partial charge in [0.1, 0.15) is 0 Å². The molecule has 218 valence electrons. The molecule has 0 aliphatic heterocycles. The van der Waals surface area contributed by atoms with Gasteiger partial charge in [0, 0.05) is 21.2 Å². The van der Waals surface area contributed by atoms with Gasteiger partial charge in [-0.1, -0.05) is 135 Å². The average Bonchev–Trinajstić information content (AvgIpc) is 3.05. The molecule has 0 unspecified atom stereocenters. The second-order valence-corrected chi connectivity index (χ2v) is 13.4. The second kappa shape index (κ2) is 16.9. The molecule has 0 fully saturated rings. The number of hydrogen-bond donors (Lipinski definition) is 2. The smallest absolute Gasteiger partial charge is 0.309 e. The van der Waals surface area contributed by atoms with Gasteiger partial charge in [0.15, 0.2) is 0 Å². The Labute approximate surface area is 251 Å². The van der Waals surface area contributed by atoms with Crippen molar-refractivity contribution >= 4 is 49.3 Å². The van der Waals surface area contributed by atoms with Crippen LogP contribution in [-0.2, 0) is 18.6 Å². The maximum Gasteiger partial charge on any atom is 0.309 e. The van der Waals surface area contributed by atoms with E-state index in [2.05, 4.69) is 59.2 Å². The van der Waals surface area contributed by atoms with Crippen LogP contribution in [0.1, 0.15) is 26.7 Å². The van der Waals surface area contributed by atoms with Crippen LogP contribution in [0.25, 0.3) is 0 Å². The maximum atomic E-state index is 12.9. The molecule has 42 heavy (non-hydrogen) atoms. The van der Waals surface area contributed by atoms with Crippen LogP contribution in [0.15, 0.2) is 121 Å². The van der Waals surface area contributed by atoms with Crippen LogP contribution in [-0.4, -0.2) is 37.1 Å². The molecular weight excluding hydrogens is 562 g/mol. The number of benzene rings is 4. The third-order valence-electron chi connectivity index (χ3n) is 6.63. The molecule has 2 amide bonds. The molecule has 0 saturated carbocycles. The number of carbonyl (C=O) groups is 2. The summed E-state index contributed by atoms with van der Waals surface area (Å²) in [5.74, 6) is -1.33. The first-order valence-electron chi connectivity index (χ1n) is 14.3. The number of hydrogen-bond acceptors (Lipinski definition) is 4. The fraction of sp³-hybridized carbons (Fsp3) is 0.235. The highest BCUT2D eigenvalue weighted by atomic mass is 31.1. The molecule has 4 aromatic rings. The van der Waals surface area contributed by atoms with Crippen molar-refractivity contribution < 1.29 is 18.6 Å². The predicted octanol–water partition coefficient (Wildman–Crippen LogP) is 4.91. The molecule has 2 atom stereocenters. The van der Waals surface area contributed by atoms with E-state index in [9.17, 15) is 9.59 Å². The van der Waals surface area contributed by atoms with Crippen LogP contribution >= 0.6 is 16.3 Å². The molecule has 4 rings (SSSR count). The highest BCUT2D eigenvalue weighted by Crippen LogP contribution is 2.36. The van der Waals surface area contributed by atoms with Gasteiger partial charge in [-0.15, -0.1) is 0 Å². The zero-order chi connectivity index (χ0) is 29.6. The van der Waals surface area contributed by atoms with E-state index in [1.165, 1.54) is 0 Å². The molecule has 0 saturated heterocycles. The fourth-order valence-electron chi connectivity index (χ4n) is 4.20. The number of nitrogens with one attached hydrogen (secondary N) is 2. The Morgan fingerprint density at radius 3 is 1.02 bits per heavy atom. The van der Waals surface area contributed by atoms with Crippen LogP contribution < -0.4 is 31.9 Å². The Morgan fingerprint density at radius 2 is 0.786 bits per heavy atom. The molecule has 0 heterocycles. The van der Waals surface area contributed by atoms with Crippen LogP contribution in [0.3, 0.4) is 0 Å². The van der Waals surface area contributed by atoms with Crippen molar-refractivity contribution in [1.82, 2.24) is 10.6 Å². The molecule has 0 bridgehead atoms. The van der Waals surface area contributed by atoms with Crippen molar-refractivity contribution in [2.24, 2.45) is 0 Å². The summed E-state index contributed by atoms with van der Waals surface area (Å²) in [6.07, 6.45) is 1.26. The van der Waals surface area contributed by atoms with E-state index in [1.807, 2.05) is 86.6 Å². The largest absolute Gasteiger partial charge is 0.348 e. The minimum Gasteiger partial charge on any atom is -0.348 e. The number of amides is 2. The summed E-state index contributed by atoms with van der Waals surface area (Å²) in [6.45, 7) is 4.53. The van der Waals surface area contributed by atoms with Crippen LogP contribution in [0.5, 0.6) is 0 Å². The zero-order valence-corrected chi connectivity index (χ0v) is 25.8. The molecule has 0 aliphatic rings. The SMILES string of the molecule is CC[C@H](COP(c1ccccc1)c1ccccc1)NC(=O)C(=O)N[C@H](CC)COP(c1ccccc1)c1ccccc1. The summed E-state index contributed by atoms with van der Waals surface area (Å²) in [5, 5.41) is 10.1. The molecule has 6 nitrogen and oxygen atoms in total. The quantitative estimate of drug-likeness (QED) is 0.160. The van der Waals surface area contributed by atoms with Crippen molar-refractivity contribution in [2.45, 2.75) is 38.8 Å². The van der Waals surface area contributed by atoms with Gasteiger partial charge in [0.25, 0.3) is 0 Å². The standard InChI is InChI=1S/C34H38N2O4P2/c1-3-27(25-39-41(29-17-9-5-10-18-29)30-19-11-6-12-20-30)35-33(37)34(38)36-28(4-2)26-40-42(31-21-13-7-14-22-31)32-23-15-8-16-24-32/h5-24,27-28H,3-4,25-26H2,1-2H3,(H,35,37)(H,36,38)/t27-,28-/m1/s1. The summed E-state index contributed by atoms with van der Waals surface area (Å²) >= 11 is 0. The molecule has 4 aromatic carbocycles. The molecule has 8 heteroatoms. The van der Waals surface area contributed by atoms with E-state index in [0.29, 0.717) is 26.1 Å². The lowest BCUT2D eigenvalue weighted by atomic mass is 10.2. The number of rotatable bonds is 14. The minimum absolute atomic E-state index is 0.295. The first-order chi connectivity index (χ1) is 20.6. The fourth-order valence-corrected chi connectivity index (χ4v) is 7.83. The van der Waals surface area contributed by atoms with Gasteiger partial charge < -0.3 is 19.7 Å². The van der Waals surface area contributed by atoms with Crippen molar-refractivity contribution in [2.75, 3.05) is 13.2 Å². The Morgan fingerprint density at radius 1 is 0.524 bits per heavy atom. The lowest BCUT2D eigenvalue weighted by Gasteiger charge is -2.24. The topological polar surface area (TPSA) is 76.7 Å². The van der Waals surface area contributed by atoms with Crippen molar-refractivity contribution in [1.29, 1.82) is 0 Å². The van der Waals surface area contributed by atoms with Gasteiger partial charge in [0.2, 0.25) is 0 Å². The second-order valence-electron chi connectivity index (χ2n) is 9.68. The van der Waals surface area contributed by atoms with Gasteiger partial charge in [0.05, 0.1) is 41.6 Å². The van der Waals surface area contributed by atoms with Crippen LogP contribution in [0.4, 0.5) is 0 Å². The third kappa shape index (κ3) is 9.31. The van der Waals surface area contributed by atoms with E-state index >= 15 is 0 Å². The van der Waals surface area contributed by atoms with Crippen LogP contribution in [0, 0.1) is 0 Å². The summed E-state index contributed by atoms with van der Waals surface area (Å²) in [4.78, 5) is 25.8. The molecule has 0 spiro atoms. The summed E-state index contributed by atoms with van der Waals surface area (Å²) < 4.78 is 12.8. The van der Waals surface area contributed by atoms with Gasteiger partial charge >= 0.3 is 11.8 Å². The van der Waals surface area contributed by atoms with Crippen molar-refractivity contribution in [3.8, 4) is 0 Å². The summed E-state index contributed by atoms with van der Waals surface area (Å²) in [7, 11) is -2.12. The van der Waals surface area contributed by atoms with Gasteiger partial charge in [-0.2, -0.15) is 0 Å². The molecule has 2 N–H and O–H groups in total. The zero-order valence-electron chi connectivity index (χ0n) is 24.1. The minimum atomic E-state index is -1.06. The molecule has 0 radical (unpaired) electrons. The van der Waals surface area contributed by atoms with Gasteiger partial charge in [-0.3, -0.25) is 9.59 Å². The summed E-state index contributed by atoms with van der Waals surface area (Å²) in [5.41, 5.74) is 0. The number of carbonyl (C=O) groups excluding carboxylic acids is 2. The predicted molar refractivity (Wildman–Crippen MR) is 174 cm³/mol. The van der Waals surface area contributed by atoms with Crippen molar-refractivity contribution in [3.05, 3.63) is 121 Å². The van der Waals surface area contributed by atoms with E-state index in [1.54, 1.807) is 0 Å². The molecule has 0 aromatic heterocycles. The lowest BCUT2D eigenvalue weighted by molar-refractivity contribution is -0.140. The van der Waals surface area contributed by atoms with E-state index in [4.69, 9.17) is 9.05 Å². The van der Waals surface area contributed by atoms with E-state index < -0.39 is 28.1 Å². The highest BCUT2D eigenvalue weighted by molar-refractivity contribution is 7.68. The first kappa shape index (κ1) is 31.5. The third-order valence-corrected chi connectivity index (χ3v) is 10.5. The van der Waals surface area contributed by atoms with Gasteiger partial charge in [-0.05, 0) is 12.8 Å². The first-order valence-corrected chi connectivity index (χ1v) is 16.8. The van der Waals surface area contributed by atoms with Gasteiger partial charge in [-0.25, -0.2) is 0 Å². The Hall–Kier alpha value is -3.40. The molecular formula is C34H38N2O4P2. The highest BCUT2D eigenvalue weighted by Gasteiger charge is 2.24. The summed E-state index contributed by atoms with van der Waals surface area (Å²) in [6, 6.07) is 39.7. The van der Waals surface area contributed by atoms with E-state index in [0.717, 1.165) is 21.2 Å². The average molecular weight is 601 g/mol. The van der Waals surface area contributed by atoms with E-state index in [-0.39, 0.29) is 12.1 Å². The Kier molecular flexibility index (Phi) is 12.7. The normalized spacial score (nSPS) is 12.6. The van der Waals surface area contributed by atoms with Crippen LogP contribution in [0.2, 0.25) is 0 Å². The molecule has 0 aliphatic carbocycles. The monoisotopic (exact) mass is 600 g/mol. The van der Waals surface area contributed by atoms with Crippen molar-refractivity contribution in [3.63, 3.8) is 0 Å². The maximum absolute atomic E-state index is 12.9.